The van der Waals surface area contributed by atoms with Crippen LogP contribution in [0.4, 0.5) is 5.95 Å². The number of aryl methyl sites for hydroxylation is 1. The normalized spacial score (nSPS) is 10.9. The first-order valence-corrected chi connectivity index (χ1v) is 9.67. The lowest BCUT2D eigenvalue weighted by atomic mass is 9.80. The number of aromatic amines is 1. The van der Waals surface area contributed by atoms with Crippen molar-refractivity contribution in [3.05, 3.63) is 59.4 Å². The number of fused-ring (bicyclic) bond motifs is 1. The van der Waals surface area contributed by atoms with Gasteiger partial charge in [0, 0.05) is 18.4 Å². The van der Waals surface area contributed by atoms with Gasteiger partial charge in [-0.05, 0) is 17.1 Å². The average molecular weight is 417 g/mol. The Morgan fingerprint density at radius 3 is 2.71 bits per heavy atom. The lowest BCUT2D eigenvalue weighted by Crippen LogP contribution is -2.30. The molecule has 0 bridgehead atoms. The van der Waals surface area contributed by atoms with Crippen molar-refractivity contribution < 1.29 is 14.8 Å². The van der Waals surface area contributed by atoms with Crippen molar-refractivity contribution in [2.45, 2.75) is 19.9 Å². The highest BCUT2D eigenvalue weighted by Gasteiger charge is 2.17. The highest BCUT2D eigenvalue weighted by molar-refractivity contribution is 6.58. The van der Waals surface area contributed by atoms with Crippen LogP contribution in [-0.2, 0) is 13.0 Å². The van der Waals surface area contributed by atoms with Gasteiger partial charge < -0.3 is 21.1 Å². The van der Waals surface area contributed by atoms with Crippen LogP contribution < -0.4 is 16.5 Å². The molecule has 156 valence electrons. The summed E-state index contributed by atoms with van der Waals surface area (Å²) in [7, 11) is -1.53. The number of para-hydroxylation sites is 1. The van der Waals surface area contributed by atoms with E-state index in [2.05, 4.69) is 30.5 Å². The first-order chi connectivity index (χ1) is 15.0. The molecule has 0 aliphatic rings. The number of H-pyrrole nitrogens is 1. The fraction of sp³-hybridized carbons (Fsp3) is 0.150. The van der Waals surface area contributed by atoms with E-state index < -0.39 is 13.0 Å². The van der Waals surface area contributed by atoms with Crippen molar-refractivity contribution in [3.63, 3.8) is 0 Å². The molecule has 0 atom stereocenters. The summed E-state index contributed by atoms with van der Waals surface area (Å²) in [5.41, 5.74) is 8.01. The Morgan fingerprint density at radius 1 is 1.16 bits per heavy atom. The van der Waals surface area contributed by atoms with E-state index in [4.69, 9.17) is 5.73 Å². The minimum Gasteiger partial charge on any atom is -0.423 e. The number of carbonyl (C=O) groups is 1. The number of primary amides is 1. The third kappa shape index (κ3) is 4.22. The SMILES string of the molecule is CCc1nc(NCc2cccc(B(O)O)c2)nc(-c2[nH]nc3c(C(N)=O)cccc23)n1. The summed E-state index contributed by atoms with van der Waals surface area (Å²) in [4.78, 5) is 25.1. The van der Waals surface area contributed by atoms with Gasteiger partial charge in [-0.2, -0.15) is 15.1 Å². The Kier molecular flexibility index (Phi) is 5.61. The average Bonchev–Trinajstić information content (AvgIpc) is 3.21. The molecule has 2 aromatic heterocycles. The van der Waals surface area contributed by atoms with E-state index >= 15 is 0 Å². The third-order valence-electron chi connectivity index (χ3n) is 4.77. The van der Waals surface area contributed by atoms with Crippen molar-refractivity contribution in [1.29, 1.82) is 0 Å². The summed E-state index contributed by atoms with van der Waals surface area (Å²) >= 11 is 0. The zero-order chi connectivity index (χ0) is 22.0. The fourth-order valence-electron chi connectivity index (χ4n) is 3.22. The third-order valence-corrected chi connectivity index (χ3v) is 4.77. The smallest absolute Gasteiger partial charge is 0.423 e. The number of rotatable bonds is 7. The number of hydrogen-bond acceptors (Lipinski definition) is 8. The van der Waals surface area contributed by atoms with Crippen LogP contribution in [0.15, 0.2) is 42.5 Å². The molecule has 11 heteroatoms. The first-order valence-electron chi connectivity index (χ1n) is 9.67. The van der Waals surface area contributed by atoms with Gasteiger partial charge in [-0.3, -0.25) is 9.89 Å². The minimum absolute atomic E-state index is 0.314. The molecular weight excluding hydrogens is 397 g/mol. The molecule has 0 unspecified atom stereocenters. The van der Waals surface area contributed by atoms with Crippen LogP contribution in [0, 0.1) is 0 Å². The molecule has 0 aliphatic heterocycles. The van der Waals surface area contributed by atoms with Crippen molar-refractivity contribution in [2.75, 3.05) is 5.32 Å². The summed E-state index contributed by atoms with van der Waals surface area (Å²) in [6.45, 7) is 2.31. The Bertz CT molecular complexity index is 1260. The second kappa shape index (κ2) is 8.50. The Morgan fingerprint density at radius 2 is 1.97 bits per heavy atom. The number of aromatic nitrogens is 5. The largest absolute Gasteiger partial charge is 0.488 e. The van der Waals surface area contributed by atoms with Gasteiger partial charge in [-0.25, -0.2) is 4.98 Å². The van der Waals surface area contributed by atoms with E-state index in [-0.39, 0.29) is 0 Å². The molecule has 2 heterocycles. The number of nitrogens with two attached hydrogens (primary N) is 1. The molecule has 2 aromatic carbocycles. The van der Waals surface area contributed by atoms with E-state index in [0.29, 0.717) is 58.2 Å². The number of carbonyl (C=O) groups excluding carboxylic acids is 1. The molecule has 6 N–H and O–H groups in total. The van der Waals surface area contributed by atoms with Crippen LogP contribution in [0.1, 0.15) is 28.7 Å². The molecule has 0 radical (unpaired) electrons. The van der Waals surface area contributed by atoms with Crippen molar-refractivity contribution in [2.24, 2.45) is 5.73 Å². The molecule has 0 saturated carbocycles. The molecular formula is C20H20BN7O3. The van der Waals surface area contributed by atoms with Crippen LogP contribution in [0.2, 0.25) is 0 Å². The van der Waals surface area contributed by atoms with Crippen molar-refractivity contribution in [1.82, 2.24) is 25.1 Å². The number of nitrogens with zero attached hydrogens (tertiary/aromatic N) is 4. The van der Waals surface area contributed by atoms with Crippen molar-refractivity contribution >= 4 is 35.3 Å². The van der Waals surface area contributed by atoms with E-state index in [1.807, 2.05) is 19.1 Å². The monoisotopic (exact) mass is 417 g/mol. The van der Waals surface area contributed by atoms with Crippen LogP contribution in [0.25, 0.3) is 22.4 Å². The molecule has 0 fully saturated rings. The topological polar surface area (TPSA) is 163 Å². The quantitative estimate of drug-likeness (QED) is 0.269. The maximum absolute atomic E-state index is 11.7. The van der Waals surface area contributed by atoms with Gasteiger partial charge in [-0.15, -0.1) is 0 Å². The molecule has 4 rings (SSSR count). The van der Waals surface area contributed by atoms with Crippen LogP contribution in [0.5, 0.6) is 0 Å². The van der Waals surface area contributed by atoms with Gasteiger partial charge in [0.05, 0.1) is 5.56 Å². The maximum atomic E-state index is 11.7. The van der Waals surface area contributed by atoms with E-state index in [1.54, 1.807) is 30.3 Å². The van der Waals surface area contributed by atoms with Crippen LogP contribution in [0.3, 0.4) is 0 Å². The summed E-state index contributed by atoms with van der Waals surface area (Å²) in [6, 6.07) is 12.1. The Balaban J connectivity index is 1.67. The molecule has 4 aromatic rings. The van der Waals surface area contributed by atoms with Gasteiger partial charge in [0.25, 0.3) is 5.91 Å². The zero-order valence-corrected chi connectivity index (χ0v) is 16.7. The predicted molar refractivity (Wildman–Crippen MR) is 116 cm³/mol. The second-order valence-corrected chi connectivity index (χ2v) is 6.89. The number of anilines is 1. The lowest BCUT2D eigenvalue weighted by molar-refractivity contribution is 0.100. The molecule has 0 aliphatic carbocycles. The molecule has 0 saturated heterocycles. The highest BCUT2D eigenvalue weighted by atomic mass is 16.4. The van der Waals surface area contributed by atoms with Crippen LogP contribution in [-0.4, -0.2) is 48.2 Å². The minimum atomic E-state index is -1.53. The summed E-state index contributed by atoms with van der Waals surface area (Å²) < 4.78 is 0. The maximum Gasteiger partial charge on any atom is 0.488 e. The first kappa shape index (κ1) is 20.4. The lowest BCUT2D eigenvalue weighted by Gasteiger charge is -2.09. The standard InChI is InChI=1S/C20H20BN7O3/c1-2-15-24-19(17-13-7-4-8-14(18(22)29)16(13)27-28-17)26-20(25-15)23-10-11-5-3-6-12(9-11)21(30)31/h3-9,30-31H,2,10H2,1H3,(H2,22,29)(H,27,28)(H,23,24,25,26). The van der Waals surface area contributed by atoms with Crippen molar-refractivity contribution in [3.8, 4) is 11.5 Å². The fourth-order valence-corrected chi connectivity index (χ4v) is 3.22. The number of amides is 1. The second-order valence-electron chi connectivity index (χ2n) is 6.89. The highest BCUT2D eigenvalue weighted by Crippen LogP contribution is 2.26. The van der Waals surface area contributed by atoms with Gasteiger partial charge in [0.15, 0.2) is 5.82 Å². The molecule has 0 spiro atoms. The Labute approximate surface area is 177 Å². The number of nitrogens with one attached hydrogen (secondary N) is 2. The van der Waals surface area contributed by atoms with Gasteiger partial charge in [0.1, 0.15) is 17.0 Å². The molecule has 31 heavy (non-hydrogen) atoms. The zero-order valence-electron chi connectivity index (χ0n) is 16.7. The van der Waals surface area contributed by atoms with E-state index in [1.165, 1.54) is 0 Å². The summed E-state index contributed by atoms with van der Waals surface area (Å²) in [6.07, 6.45) is 0.592. The summed E-state index contributed by atoms with van der Waals surface area (Å²) in [5, 5.41) is 29.7. The van der Waals surface area contributed by atoms with Gasteiger partial charge in [-0.1, -0.05) is 43.3 Å². The summed E-state index contributed by atoms with van der Waals surface area (Å²) in [5.74, 6) is 0.774. The van der Waals surface area contributed by atoms with Gasteiger partial charge in [0.2, 0.25) is 5.95 Å². The number of benzene rings is 2. The van der Waals surface area contributed by atoms with E-state index in [0.717, 1.165) is 5.56 Å². The molecule has 10 nitrogen and oxygen atoms in total. The predicted octanol–water partition coefficient (Wildman–Crippen LogP) is 0.368. The number of hydrogen-bond donors (Lipinski definition) is 5. The van der Waals surface area contributed by atoms with Crippen LogP contribution >= 0.6 is 0 Å². The van der Waals surface area contributed by atoms with E-state index in [9.17, 15) is 14.8 Å². The van der Waals surface area contributed by atoms with Gasteiger partial charge >= 0.3 is 7.12 Å². The Hall–Kier alpha value is -3.83. The molecule has 1 amide bonds.